The van der Waals surface area contributed by atoms with Gasteiger partial charge in [0, 0.05) is 25.1 Å². The Hall–Kier alpha value is -3.43. The van der Waals surface area contributed by atoms with Gasteiger partial charge in [-0.25, -0.2) is 0 Å². The lowest BCUT2D eigenvalue weighted by molar-refractivity contribution is -0.144. The molecule has 0 spiro atoms. The molecule has 2 aliphatic heterocycles. The van der Waals surface area contributed by atoms with Gasteiger partial charge in [0.25, 0.3) is 0 Å². The summed E-state index contributed by atoms with van der Waals surface area (Å²) in [4.78, 5) is 42.0. The zero-order valence-corrected chi connectivity index (χ0v) is 22.8. The van der Waals surface area contributed by atoms with Crippen LogP contribution in [-0.2, 0) is 27.2 Å². The first-order valence-corrected chi connectivity index (χ1v) is 13.8. The third-order valence-corrected chi connectivity index (χ3v) is 8.02. The van der Waals surface area contributed by atoms with Crippen molar-refractivity contribution >= 4 is 17.7 Å². The van der Waals surface area contributed by atoms with Gasteiger partial charge in [-0.05, 0) is 68.8 Å². The van der Waals surface area contributed by atoms with E-state index in [0.717, 1.165) is 23.3 Å². The number of likely N-dealkylation sites (N-methyl/N-ethyl adjacent to an activating group) is 1. The molecule has 0 aliphatic carbocycles. The SMILES string of the molecule is CNC(Cc1ccccc1)C(=O)NC1C(=O)N2C(CC[C@@H]1CO)CC[C@H]2C(=O)NCCc1ccc(OC)cc1. The molecule has 4 N–H and O–H groups in total. The fourth-order valence-electron chi connectivity index (χ4n) is 5.74. The highest BCUT2D eigenvalue weighted by Gasteiger charge is 2.47. The van der Waals surface area contributed by atoms with Gasteiger partial charge >= 0.3 is 0 Å². The van der Waals surface area contributed by atoms with E-state index in [4.69, 9.17) is 4.74 Å². The number of carbonyl (C=O) groups is 3. The maximum absolute atomic E-state index is 13.9. The number of aliphatic hydroxyl groups is 1. The highest BCUT2D eigenvalue weighted by atomic mass is 16.5. The minimum absolute atomic E-state index is 0.0739. The number of amides is 3. The lowest BCUT2D eigenvalue weighted by atomic mass is 9.93. The number of fused-ring (bicyclic) bond motifs is 1. The first-order chi connectivity index (χ1) is 18.9. The van der Waals surface area contributed by atoms with E-state index < -0.39 is 24.0 Å². The molecule has 2 heterocycles. The monoisotopic (exact) mass is 536 g/mol. The number of carbonyl (C=O) groups excluding carboxylic acids is 3. The molecule has 0 radical (unpaired) electrons. The molecule has 0 bridgehead atoms. The van der Waals surface area contributed by atoms with E-state index in [-0.39, 0.29) is 30.4 Å². The number of nitrogens with zero attached hydrogens (tertiary/aromatic N) is 1. The molecule has 3 amide bonds. The number of nitrogens with one attached hydrogen (secondary N) is 3. The van der Waals surface area contributed by atoms with Gasteiger partial charge in [-0.15, -0.1) is 0 Å². The lowest BCUT2D eigenvalue weighted by Crippen LogP contribution is -2.58. The molecular formula is C30H40N4O5. The van der Waals surface area contributed by atoms with Crippen LogP contribution in [0.4, 0.5) is 0 Å². The predicted octanol–water partition coefficient (Wildman–Crippen LogP) is 1.43. The minimum atomic E-state index is -0.883. The predicted molar refractivity (Wildman–Crippen MR) is 148 cm³/mol. The number of benzene rings is 2. The summed E-state index contributed by atoms with van der Waals surface area (Å²) in [6, 6.07) is 15.3. The molecule has 39 heavy (non-hydrogen) atoms. The van der Waals surface area contributed by atoms with Crippen LogP contribution in [-0.4, -0.2) is 79.2 Å². The summed E-state index contributed by atoms with van der Waals surface area (Å²) in [5.41, 5.74) is 2.08. The van der Waals surface area contributed by atoms with E-state index in [0.29, 0.717) is 38.6 Å². The molecule has 2 aliphatic rings. The van der Waals surface area contributed by atoms with Gasteiger partial charge in [-0.3, -0.25) is 14.4 Å². The highest BCUT2D eigenvalue weighted by Crippen LogP contribution is 2.34. The van der Waals surface area contributed by atoms with Gasteiger partial charge in [0.2, 0.25) is 17.7 Å². The second-order valence-corrected chi connectivity index (χ2v) is 10.4. The van der Waals surface area contributed by atoms with Crippen molar-refractivity contribution in [1.29, 1.82) is 0 Å². The van der Waals surface area contributed by atoms with Crippen molar-refractivity contribution in [2.24, 2.45) is 5.92 Å². The number of ether oxygens (including phenoxy) is 1. The topological polar surface area (TPSA) is 120 Å². The summed E-state index contributed by atoms with van der Waals surface area (Å²) in [5.74, 6) is -0.379. The van der Waals surface area contributed by atoms with Crippen molar-refractivity contribution in [2.45, 2.75) is 62.7 Å². The molecule has 2 fully saturated rings. The fourth-order valence-corrected chi connectivity index (χ4v) is 5.74. The maximum atomic E-state index is 13.9. The average Bonchev–Trinajstić information content (AvgIpc) is 3.34. The van der Waals surface area contributed by atoms with E-state index in [9.17, 15) is 19.5 Å². The molecular weight excluding hydrogens is 496 g/mol. The van der Waals surface area contributed by atoms with Crippen LogP contribution in [0.1, 0.15) is 36.8 Å². The van der Waals surface area contributed by atoms with Crippen LogP contribution in [0, 0.1) is 5.92 Å². The quantitative estimate of drug-likeness (QED) is 0.345. The van der Waals surface area contributed by atoms with Gasteiger partial charge in [0.15, 0.2) is 0 Å². The fraction of sp³-hybridized carbons (Fsp3) is 0.500. The van der Waals surface area contributed by atoms with E-state index in [1.54, 1.807) is 19.1 Å². The zero-order chi connectivity index (χ0) is 27.8. The molecule has 0 saturated carbocycles. The van der Waals surface area contributed by atoms with Crippen LogP contribution in [0.5, 0.6) is 5.75 Å². The second-order valence-electron chi connectivity index (χ2n) is 10.4. The van der Waals surface area contributed by atoms with Gasteiger partial charge < -0.3 is 30.7 Å². The Morgan fingerprint density at radius 1 is 1.03 bits per heavy atom. The average molecular weight is 537 g/mol. The molecule has 2 saturated heterocycles. The van der Waals surface area contributed by atoms with Crippen LogP contribution in [0.3, 0.4) is 0 Å². The van der Waals surface area contributed by atoms with E-state index in [1.165, 1.54) is 0 Å². The Kier molecular flexibility index (Phi) is 9.95. The Morgan fingerprint density at radius 3 is 2.41 bits per heavy atom. The molecule has 9 nitrogen and oxygen atoms in total. The normalized spacial score (nSPS) is 23.5. The summed E-state index contributed by atoms with van der Waals surface area (Å²) in [6.45, 7) is 0.246. The van der Waals surface area contributed by atoms with Gasteiger partial charge in [0.1, 0.15) is 17.8 Å². The summed E-state index contributed by atoms with van der Waals surface area (Å²) >= 11 is 0. The molecule has 5 atom stereocenters. The summed E-state index contributed by atoms with van der Waals surface area (Å²) < 4.78 is 5.19. The number of aliphatic hydroxyl groups excluding tert-OH is 1. The number of rotatable bonds is 11. The first-order valence-electron chi connectivity index (χ1n) is 13.8. The van der Waals surface area contributed by atoms with Crippen molar-refractivity contribution < 1.29 is 24.2 Å². The van der Waals surface area contributed by atoms with Gasteiger partial charge in [-0.1, -0.05) is 42.5 Å². The molecule has 0 aromatic heterocycles. The van der Waals surface area contributed by atoms with Gasteiger partial charge in [0.05, 0.1) is 13.2 Å². The van der Waals surface area contributed by atoms with Crippen LogP contribution in [0.15, 0.2) is 54.6 Å². The Bertz CT molecular complexity index is 1110. The standard InChI is InChI=1S/C30H40N4O5/c1-31-25(18-21-6-4-3-5-7-21)28(36)33-27-22(19-35)10-11-23-12-15-26(34(23)30(27)38)29(37)32-17-16-20-8-13-24(39-2)14-9-20/h3-9,13-14,22-23,25-27,31,35H,10-12,15-19H2,1-2H3,(H,32,37)(H,33,36)/t22-,23?,25?,26+,27?/m1/s1. The first kappa shape index (κ1) is 28.6. The maximum Gasteiger partial charge on any atom is 0.246 e. The molecule has 3 unspecified atom stereocenters. The third kappa shape index (κ3) is 6.96. The zero-order valence-electron chi connectivity index (χ0n) is 22.8. The van der Waals surface area contributed by atoms with E-state index in [1.807, 2.05) is 54.6 Å². The smallest absolute Gasteiger partial charge is 0.246 e. The Labute approximate surface area is 230 Å². The number of hydrogen-bond acceptors (Lipinski definition) is 6. The Morgan fingerprint density at radius 2 is 1.74 bits per heavy atom. The van der Waals surface area contributed by atoms with Crippen molar-refractivity contribution in [3.8, 4) is 5.75 Å². The summed E-state index contributed by atoms with van der Waals surface area (Å²) in [6.07, 6.45) is 3.75. The molecule has 2 aromatic rings. The molecule has 9 heteroatoms. The molecule has 210 valence electrons. The Balaban J connectivity index is 1.41. The third-order valence-electron chi connectivity index (χ3n) is 8.02. The number of hydrogen-bond donors (Lipinski definition) is 4. The highest BCUT2D eigenvalue weighted by molar-refractivity contribution is 5.94. The van der Waals surface area contributed by atoms with Crippen molar-refractivity contribution in [3.63, 3.8) is 0 Å². The largest absolute Gasteiger partial charge is 0.497 e. The summed E-state index contributed by atoms with van der Waals surface area (Å²) in [5, 5.41) is 19.1. The van der Waals surface area contributed by atoms with Crippen LogP contribution < -0.4 is 20.7 Å². The van der Waals surface area contributed by atoms with Gasteiger partial charge in [-0.2, -0.15) is 0 Å². The van der Waals surface area contributed by atoms with E-state index in [2.05, 4.69) is 16.0 Å². The van der Waals surface area contributed by atoms with Crippen LogP contribution in [0.25, 0.3) is 0 Å². The minimum Gasteiger partial charge on any atom is -0.497 e. The van der Waals surface area contributed by atoms with Crippen LogP contribution >= 0.6 is 0 Å². The summed E-state index contributed by atoms with van der Waals surface area (Å²) in [7, 11) is 3.34. The van der Waals surface area contributed by atoms with E-state index >= 15 is 0 Å². The second kappa shape index (κ2) is 13.6. The van der Waals surface area contributed by atoms with Crippen molar-refractivity contribution in [3.05, 3.63) is 65.7 Å². The number of methoxy groups -OCH3 is 1. The lowest BCUT2D eigenvalue weighted by Gasteiger charge is -2.32. The van der Waals surface area contributed by atoms with Crippen molar-refractivity contribution in [2.75, 3.05) is 27.3 Å². The van der Waals surface area contributed by atoms with Crippen LogP contribution in [0.2, 0.25) is 0 Å². The molecule has 4 rings (SSSR count). The molecule has 2 aromatic carbocycles. The van der Waals surface area contributed by atoms with Crippen molar-refractivity contribution in [1.82, 2.24) is 20.9 Å².